The van der Waals surface area contributed by atoms with E-state index in [9.17, 15) is 4.79 Å². The number of nitrogens with zero attached hydrogens (tertiary/aromatic N) is 1. The van der Waals surface area contributed by atoms with Crippen LogP contribution in [0.25, 0.3) is 10.8 Å². The van der Waals surface area contributed by atoms with Crippen molar-refractivity contribution < 1.29 is 4.79 Å². The van der Waals surface area contributed by atoms with Gasteiger partial charge in [0, 0.05) is 18.5 Å². The van der Waals surface area contributed by atoms with E-state index in [1.807, 2.05) is 42.5 Å². The van der Waals surface area contributed by atoms with Gasteiger partial charge in [-0.2, -0.15) is 0 Å². The second-order valence-corrected chi connectivity index (χ2v) is 7.14. The zero-order chi connectivity index (χ0) is 18.5. The lowest BCUT2D eigenvalue weighted by Crippen LogP contribution is -2.28. The molecule has 3 aromatic carbocycles. The Morgan fingerprint density at radius 2 is 1.63 bits per heavy atom. The molecule has 1 saturated heterocycles. The first-order valence-corrected chi connectivity index (χ1v) is 9.61. The average molecular weight is 359 g/mol. The number of carbonyl (C=O) groups is 1. The molecule has 2 N–H and O–H groups in total. The molecule has 0 aromatic heterocycles. The van der Waals surface area contributed by atoms with Gasteiger partial charge in [0.1, 0.15) is 0 Å². The minimum atomic E-state index is -0.184. The molecule has 1 heterocycles. The summed E-state index contributed by atoms with van der Waals surface area (Å²) < 4.78 is 0. The van der Waals surface area contributed by atoms with Gasteiger partial charge in [-0.1, -0.05) is 60.7 Å². The van der Waals surface area contributed by atoms with Crippen LogP contribution < -0.4 is 10.6 Å². The molecule has 4 nitrogen and oxygen atoms in total. The van der Waals surface area contributed by atoms with Crippen LogP contribution in [0.15, 0.2) is 66.7 Å². The third-order valence-corrected chi connectivity index (χ3v) is 5.09. The van der Waals surface area contributed by atoms with E-state index in [4.69, 9.17) is 0 Å². The standard InChI is InChI=1S/C23H25N3O/c27-23(25-22-12-6-10-20-9-1-2-11-21(20)22)24-16-18-7-5-8-19(15-18)17-26-13-3-4-14-26/h1-2,5-12,15H,3-4,13-14,16-17H2,(H2,24,25,27). The number of amides is 2. The van der Waals surface area contributed by atoms with Gasteiger partial charge < -0.3 is 10.6 Å². The molecule has 0 bridgehead atoms. The number of urea groups is 1. The lowest BCUT2D eigenvalue weighted by Gasteiger charge is -2.15. The Morgan fingerprint density at radius 3 is 2.52 bits per heavy atom. The van der Waals surface area contributed by atoms with E-state index in [2.05, 4.69) is 39.8 Å². The fourth-order valence-electron chi connectivity index (χ4n) is 3.72. The van der Waals surface area contributed by atoms with E-state index in [-0.39, 0.29) is 6.03 Å². The third-order valence-electron chi connectivity index (χ3n) is 5.09. The van der Waals surface area contributed by atoms with Crippen molar-refractivity contribution in [1.29, 1.82) is 0 Å². The molecule has 0 atom stereocenters. The fourth-order valence-corrected chi connectivity index (χ4v) is 3.72. The van der Waals surface area contributed by atoms with E-state index in [0.29, 0.717) is 6.54 Å². The van der Waals surface area contributed by atoms with E-state index in [1.54, 1.807) is 0 Å². The van der Waals surface area contributed by atoms with Gasteiger partial charge in [0.15, 0.2) is 0 Å². The Morgan fingerprint density at radius 1 is 0.889 bits per heavy atom. The number of anilines is 1. The molecule has 0 unspecified atom stereocenters. The maximum atomic E-state index is 12.4. The summed E-state index contributed by atoms with van der Waals surface area (Å²) in [6.07, 6.45) is 2.60. The summed E-state index contributed by atoms with van der Waals surface area (Å²) >= 11 is 0. The second-order valence-electron chi connectivity index (χ2n) is 7.14. The summed E-state index contributed by atoms with van der Waals surface area (Å²) in [5.74, 6) is 0. The normalized spacial score (nSPS) is 14.4. The van der Waals surface area contributed by atoms with Gasteiger partial charge in [0.2, 0.25) is 0 Å². The Hall–Kier alpha value is -2.85. The number of fused-ring (bicyclic) bond motifs is 1. The number of benzene rings is 3. The van der Waals surface area contributed by atoms with Gasteiger partial charge in [-0.05, 0) is 48.5 Å². The van der Waals surface area contributed by atoms with Gasteiger partial charge in [0.05, 0.1) is 5.69 Å². The van der Waals surface area contributed by atoms with Crippen molar-refractivity contribution in [2.45, 2.75) is 25.9 Å². The van der Waals surface area contributed by atoms with Crippen LogP contribution in [0.5, 0.6) is 0 Å². The Kier molecular flexibility index (Phi) is 5.35. The van der Waals surface area contributed by atoms with Crippen LogP contribution in [-0.2, 0) is 13.1 Å². The third kappa shape index (κ3) is 4.47. The molecule has 1 aliphatic heterocycles. The molecule has 1 aliphatic rings. The van der Waals surface area contributed by atoms with Gasteiger partial charge in [-0.15, -0.1) is 0 Å². The molecule has 2 amide bonds. The molecule has 1 fully saturated rings. The number of nitrogens with one attached hydrogen (secondary N) is 2. The highest BCUT2D eigenvalue weighted by atomic mass is 16.2. The molecule has 0 radical (unpaired) electrons. The van der Waals surface area contributed by atoms with Gasteiger partial charge in [0.25, 0.3) is 0 Å². The molecule has 4 rings (SSSR count). The quantitative estimate of drug-likeness (QED) is 0.690. The van der Waals surface area contributed by atoms with Crippen molar-refractivity contribution in [1.82, 2.24) is 10.2 Å². The molecule has 0 aliphatic carbocycles. The number of hydrogen-bond acceptors (Lipinski definition) is 2. The first-order chi connectivity index (χ1) is 13.3. The highest BCUT2D eigenvalue weighted by Crippen LogP contribution is 2.22. The summed E-state index contributed by atoms with van der Waals surface area (Å²) in [6, 6.07) is 22.3. The van der Waals surface area contributed by atoms with E-state index in [1.165, 1.54) is 31.5 Å². The number of likely N-dealkylation sites (tertiary alicyclic amines) is 1. The van der Waals surface area contributed by atoms with Crippen molar-refractivity contribution >= 4 is 22.5 Å². The van der Waals surface area contributed by atoms with Crippen LogP contribution >= 0.6 is 0 Å². The molecule has 27 heavy (non-hydrogen) atoms. The summed E-state index contributed by atoms with van der Waals surface area (Å²) in [6.45, 7) is 3.90. The minimum absolute atomic E-state index is 0.184. The Labute approximate surface area is 160 Å². The van der Waals surface area contributed by atoms with Crippen LogP contribution in [0.4, 0.5) is 10.5 Å². The maximum absolute atomic E-state index is 12.4. The predicted molar refractivity (Wildman–Crippen MR) is 111 cm³/mol. The van der Waals surface area contributed by atoms with Crippen molar-refractivity contribution in [3.63, 3.8) is 0 Å². The molecule has 3 aromatic rings. The largest absolute Gasteiger partial charge is 0.334 e. The van der Waals surface area contributed by atoms with E-state index in [0.717, 1.165) is 28.6 Å². The Bertz CT molecular complexity index is 926. The lowest BCUT2D eigenvalue weighted by atomic mass is 10.1. The second kappa shape index (κ2) is 8.23. The monoisotopic (exact) mass is 359 g/mol. The van der Waals surface area contributed by atoms with E-state index < -0.39 is 0 Å². The topological polar surface area (TPSA) is 44.4 Å². The first kappa shape index (κ1) is 17.6. The maximum Gasteiger partial charge on any atom is 0.319 e. The molecule has 4 heteroatoms. The highest BCUT2D eigenvalue weighted by molar-refractivity contribution is 6.01. The molecular formula is C23H25N3O. The summed E-state index contributed by atoms with van der Waals surface area (Å²) in [5.41, 5.74) is 3.26. The summed E-state index contributed by atoms with van der Waals surface area (Å²) in [5, 5.41) is 8.10. The van der Waals surface area contributed by atoms with Crippen molar-refractivity contribution in [3.05, 3.63) is 77.9 Å². The summed E-state index contributed by atoms with van der Waals surface area (Å²) in [7, 11) is 0. The predicted octanol–water partition coefficient (Wildman–Crippen LogP) is 4.76. The van der Waals surface area contributed by atoms with Gasteiger partial charge >= 0.3 is 6.03 Å². The minimum Gasteiger partial charge on any atom is -0.334 e. The molecule has 138 valence electrons. The van der Waals surface area contributed by atoms with Gasteiger partial charge in [-0.3, -0.25) is 4.90 Å². The first-order valence-electron chi connectivity index (χ1n) is 9.61. The lowest BCUT2D eigenvalue weighted by molar-refractivity contribution is 0.252. The number of rotatable bonds is 5. The van der Waals surface area contributed by atoms with Gasteiger partial charge in [-0.25, -0.2) is 4.79 Å². The van der Waals surface area contributed by atoms with Crippen LogP contribution in [0.3, 0.4) is 0 Å². The van der Waals surface area contributed by atoms with Crippen LogP contribution in [0.1, 0.15) is 24.0 Å². The number of hydrogen-bond donors (Lipinski definition) is 2. The fraction of sp³-hybridized carbons (Fsp3) is 0.261. The highest BCUT2D eigenvalue weighted by Gasteiger charge is 2.12. The number of carbonyl (C=O) groups excluding carboxylic acids is 1. The SMILES string of the molecule is O=C(NCc1cccc(CN2CCCC2)c1)Nc1cccc2ccccc12. The molecular weight excluding hydrogens is 334 g/mol. The zero-order valence-corrected chi connectivity index (χ0v) is 15.4. The van der Waals surface area contributed by atoms with E-state index >= 15 is 0 Å². The van der Waals surface area contributed by atoms with Crippen LogP contribution in [0, 0.1) is 0 Å². The van der Waals surface area contributed by atoms with Crippen LogP contribution in [0.2, 0.25) is 0 Å². The Balaban J connectivity index is 1.36. The molecule has 0 spiro atoms. The summed E-state index contributed by atoms with van der Waals surface area (Å²) in [4.78, 5) is 14.8. The van der Waals surface area contributed by atoms with Crippen molar-refractivity contribution in [2.75, 3.05) is 18.4 Å². The van der Waals surface area contributed by atoms with Crippen molar-refractivity contribution in [3.8, 4) is 0 Å². The average Bonchev–Trinajstić information content (AvgIpc) is 3.20. The van der Waals surface area contributed by atoms with Crippen molar-refractivity contribution in [2.24, 2.45) is 0 Å². The van der Waals surface area contributed by atoms with Crippen LogP contribution in [-0.4, -0.2) is 24.0 Å². The smallest absolute Gasteiger partial charge is 0.319 e. The molecule has 0 saturated carbocycles. The zero-order valence-electron chi connectivity index (χ0n) is 15.4.